The van der Waals surface area contributed by atoms with E-state index in [2.05, 4.69) is 10.6 Å². The molecule has 0 bridgehead atoms. The number of nitrogens with zero attached hydrogens (tertiary/aromatic N) is 1. The van der Waals surface area contributed by atoms with Gasteiger partial charge in [0, 0.05) is 28.9 Å². The van der Waals surface area contributed by atoms with E-state index in [1.54, 1.807) is 42.2 Å². The third-order valence-electron chi connectivity index (χ3n) is 5.44. The summed E-state index contributed by atoms with van der Waals surface area (Å²) in [6.07, 6.45) is 1.96. The first kappa shape index (κ1) is 25.5. The largest absolute Gasteiger partial charge is 0.462 e. The molecule has 9 nitrogen and oxygen atoms in total. The van der Waals surface area contributed by atoms with Gasteiger partial charge in [0.1, 0.15) is 5.00 Å². The van der Waals surface area contributed by atoms with Crippen molar-refractivity contribution in [1.82, 2.24) is 4.90 Å². The lowest BCUT2D eigenvalue weighted by molar-refractivity contribution is -0.129. The van der Waals surface area contributed by atoms with E-state index >= 15 is 0 Å². The van der Waals surface area contributed by atoms with Gasteiger partial charge < -0.3 is 24.7 Å². The summed E-state index contributed by atoms with van der Waals surface area (Å²) in [6, 6.07) is 10.3. The fraction of sp³-hybridized carbons (Fsp3) is 0.280. The topological polar surface area (TPSA) is 118 Å². The summed E-state index contributed by atoms with van der Waals surface area (Å²) < 4.78 is 10.3. The van der Waals surface area contributed by atoms with E-state index in [4.69, 9.17) is 9.15 Å². The Bertz CT molecular complexity index is 1280. The monoisotopic (exact) mass is 527 g/mol. The van der Waals surface area contributed by atoms with E-state index in [1.165, 1.54) is 36.3 Å². The van der Waals surface area contributed by atoms with Crippen molar-refractivity contribution in [3.63, 3.8) is 0 Å². The number of anilines is 2. The van der Waals surface area contributed by atoms with Crippen molar-refractivity contribution in [2.45, 2.75) is 31.7 Å². The molecule has 0 unspecified atom stereocenters. The average molecular weight is 528 g/mol. The first-order valence-electron chi connectivity index (χ1n) is 11.3. The van der Waals surface area contributed by atoms with Crippen LogP contribution in [0.5, 0.6) is 0 Å². The number of furan rings is 1. The molecule has 11 heteroatoms. The van der Waals surface area contributed by atoms with Gasteiger partial charge in [0.15, 0.2) is 5.76 Å². The molecular weight excluding hydrogens is 502 g/mol. The molecule has 2 N–H and O–H groups in total. The number of thiophene rings is 1. The molecular formula is C25H25N3O6S2. The Morgan fingerprint density at radius 1 is 1.17 bits per heavy atom. The van der Waals surface area contributed by atoms with Gasteiger partial charge in [-0.25, -0.2) is 4.79 Å². The number of hydrogen-bond acceptors (Lipinski definition) is 8. The van der Waals surface area contributed by atoms with Gasteiger partial charge in [-0.3, -0.25) is 14.4 Å². The number of benzene rings is 1. The number of thioether (sulfide) groups is 1. The molecule has 0 spiro atoms. The van der Waals surface area contributed by atoms with Crippen molar-refractivity contribution < 1.29 is 28.3 Å². The molecule has 0 saturated heterocycles. The van der Waals surface area contributed by atoms with Gasteiger partial charge >= 0.3 is 5.97 Å². The summed E-state index contributed by atoms with van der Waals surface area (Å²) in [4.78, 5) is 52.9. The van der Waals surface area contributed by atoms with Crippen molar-refractivity contribution in [2.24, 2.45) is 0 Å². The van der Waals surface area contributed by atoms with Crippen LogP contribution in [0.25, 0.3) is 0 Å². The maximum absolute atomic E-state index is 12.8. The fourth-order valence-corrected chi connectivity index (χ4v) is 5.78. The predicted molar refractivity (Wildman–Crippen MR) is 138 cm³/mol. The van der Waals surface area contributed by atoms with Crippen molar-refractivity contribution >= 4 is 57.5 Å². The van der Waals surface area contributed by atoms with Crippen LogP contribution in [-0.4, -0.2) is 47.5 Å². The zero-order chi connectivity index (χ0) is 25.7. The number of esters is 1. The number of rotatable bonds is 8. The molecule has 1 aromatic carbocycles. The zero-order valence-electron chi connectivity index (χ0n) is 19.8. The summed E-state index contributed by atoms with van der Waals surface area (Å²) >= 11 is 2.60. The zero-order valence-corrected chi connectivity index (χ0v) is 21.4. The van der Waals surface area contributed by atoms with E-state index in [-0.39, 0.29) is 35.8 Å². The molecule has 1 aliphatic rings. The predicted octanol–water partition coefficient (Wildman–Crippen LogP) is 4.41. The first-order valence-corrected chi connectivity index (χ1v) is 13.1. The number of fused-ring (bicyclic) bond motifs is 1. The van der Waals surface area contributed by atoms with Crippen LogP contribution in [0.2, 0.25) is 0 Å². The Hall–Kier alpha value is -3.57. The SMILES string of the molecule is CCOC(=O)c1c(NC(=O)CSc2cccc(NC(=O)c3ccco3)c2)sc2c1CCN(C(C)=O)C2. The molecule has 0 saturated carbocycles. The van der Waals surface area contributed by atoms with Crippen molar-refractivity contribution in [2.75, 3.05) is 29.5 Å². The summed E-state index contributed by atoms with van der Waals surface area (Å²) in [6.45, 7) is 4.39. The smallest absolute Gasteiger partial charge is 0.341 e. The third kappa shape index (κ3) is 5.97. The van der Waals surface area contributed by atoms with E-state index in [0.29, 0.717) is 35.8 Å². The minimum atomic E-state index is -0.478. The lowest BCUT2D eigenvalue weighted by Gasteiger charge is -2.25. The van der Waals surface area contributed by atoms with Crippen LogP contribution in [-0.2, 0) is 27.3 Å². The number of nitrogens with one attached hydrogen (secondary N) is 2. The second-order valence-electron chi connectivity index (χ2n) is 7.92. The van der Waals surface area contributed by atoms with Crippen molar-refractivity contribution in [3.8, 4) is 0 Å². The van der Waals surface area contributed by atoms with Crippen molar-refractivity contribution in [3.05, 3.63) is 64.4 Å². The van der Waals surface area contributed by atoms with Crippen LogP contribution in [0.4, 0.5) is 10.7 Å². The van der Waals surface area contributed by atoms with Crippen LogP contribution in [0.1, 0.15) is 45.2 Å². The van der Waals surface area contributed by atoms with E-state index in [0.717, 1.165) is 15.3 Å². The Kier molecular flexibility index (Phi) is 8.11. The summed E-state index contributed by atoms with van der Waals surface area (Å²) in [7, 11) is 0. The van der Waals surface area contributed by atoms with Gasteiger partial charge in [-0.15, -0.1) is 23.1 Å². The first-order chi connectivity index (χ1) is 17.4. The molecule has 4 rings (SSSR count). The molecule has 0 fully saturated rings. The highest BCUT2D eigenvalue weighted by Gasteiger charge is 2.30. The van der Waals surface area contributed by atoms with Gasteiger partial charge in [-0.05, 0) is 49.2 Å². The Morgan fingerprint density at radius 3 is 2.72 bits per heavy atom. The van der Waals surface area contributed by atoms with Crippen LogP contribution < -0.4 is 10.6 Å². The highest BCUT2D eigenvalue weighted by Crippen LogP contribution is 2.38. The standard InChI is InChI=1S/C25H25N3O6S2/c1-3-33-25(32)22-18-9-10-28(15(2)29)13-20(18)36-24(22)27-21(30)14-35-17-7-4-6-16(12-17)26-23(31)19-8-5-11-34-19/h4-8,11-12H,3,9-10,13-14H2,1-2H3,(H,26,31)(H,27,30). The molecule has 1 aliphatic heterocycles. The lowest BCUT2D eigenvalue weighted by atomic mass is 10.0. The van der Waals surface area contributed by atoms with E-state index < -0.39 is 5.97 Å². The molecule has 3 heterocycles. The molecule has 0 atom stereocenters. The van der Waals surface area contributed by atoms with Crippen LogP contribution in [0, 0.1) is 0 Å². The average Bonchev–Trinajstić information content (AvgIpc) is 3.51. The summed E-state index contributed by atoms with van der Waals surface area (Å²) in [5.41, 5.74) is 1.78. The van der Waals surface area contributed by atoms with Gasteiger partial charge in [0.05, 0.1) is 30.7 Å². The highest BCUT2D eigenvalue weighted by atomic mass is 32.2. The van der Waals surface area contributed by atoms with E-state index in [1.807, 2.05) is 6.07 Å². The maximum atomic E-state index is 12.8. The van der Waals surface area contributed by atoms with Crippen LogP contribution >= 0.6 is 23.1 Å². The third-order valence-corrected chi connectivity index (χ3v) is 7.57. The number of ether oxygens (including phenoxy) is 1. The van der Waals surface area contributed by atoms with Crippen molar-refractivity contribution in [1.29, 1.82) is 0 Å². The van der Waals surface area contributed by atoms with Gasteiger partial charge in [-0.2, -0.15) is 0 Å². The molecule has 188 valence electrons. The molecule has 0 radical (unpaired) electrons. The second-order valence-corrected chi connectivity index (χ2v) is 10.1. The quantitative estimate of drug-likeness (QED) is 0.329. The van der Waals surface area contributed by atoms with Crippen LogP contribution in [0.3, 0.4) is 0 Å². The second kappa shape index (κ2) is 11.4. The number of carbonyl (C=O) groups is 4. The lowest BCUT2D eigenvalue weighted by Crippen LogP contribution is -2.34. The number of amides is 3. The highest BCUT2D eigenvalue weighted by molar-refractivity contribution is 8.00. The van der Waals surface area contributed by atoms with Gasteiger partial charge in [0.2, 0.25) is 11.8 Å². The molecule has 0 aliphatic carbocycles. The molecule has 3 amide bonds. The molecule has 3 aromatic rings. The summed E-state index contributed by atoms with van der Waals surface area (Å²) in [5, 5.41) is 6.06. The normalized spacial score (nSPS) is 12.6. The van der Waals surface area contributed by atoms with E-state index in [9.17, 15) is 19.2 Å². The Balaban J connectivity index is 1.42. The van der Waals surface area contributed by atoms with Crippen LogP contribution in [0.15, 0.2) is 52.0 Å². The molecule has 2 aromatic heterocycles. The fourth-order valence-electron chi connectivity index (χ4n) is 3.76. The Labute approximate surface area is 216 Å². The Morgan fingerprint density at radius 2 is 2.00 bits per heavy atom. The summed E-state index contributed by atoms with van der Waals surface area (Å²) in [5.74, 6) is -0.852. The van der Waals surface area contributed by atoms with Gasteiger partial charge in [-0.1, -0.05) is 6.07 Å². The van der Waals surface area contributed by atoms with Gasteiger partial charge in [0.25, 0.3) is 5.91 Å². The minimum absolute atomic E-state index is 0.0312. The number of hydrogen-bond donors (Lipinski definition) is 2. The minimum Gasteiger partial charge on any atom is -0.462 e. The number of carbonyl (C=O) groups excluding carboxylic acids is 4. The maximum Gasteiger partial charge on any atom is 0.341 e. The molecule has 36 heavy (non-hydrogen) atoms.